The highest BCUT2D eigenvalue weighted by Crippen LogP contribution is 2.26. The fraction of sp³-hybridized carbons (Fsp3) is 0.400. The number of aromatic nitrogens is 4. The predicted octanol–water partition coefficient (Wildman–Crippen LogP) is 3.62. The quantitative estimate of drug-likeness (QED) is 0.510. The van der Waals surface area contributed by atoms with Crippen molar-refractivity contribution in [2.24, 2.45) is 0 Å². The number of benzene rings is 1. The second kappa shape index (κ2) is 8.08. The van der Waals surface area contributed by atoms with Crippen molar-refractivity contribution in [3.63, 3.8) is 0 Å². The van der Waals surface area contributed by atoms with Crippen LogP contribution in [-0.2, 0) is 4.79 Å². The summed E-state index contributed by atoms with van der Waals surface area (Å²) < 4.78 is 1.82. The molecule has 140 valence electrons. The van der Waals surface area contributed by atoms with Crippen LogP contribution in [-0.4, -0.2) is 49.4 Å². The van der Waals surface area contributed by atoms with Gasteiger partial charge in [0.2, 0.25) is 5.91 Å². The zero-order valence-electron chi connectivity index (χ0n) is 15.5. The van der Waals surface area contributed by atoms with Crippen molar-refractivity contribution in [3.8, 4) is 5.69 Å². The van der Waals surface area contributed by atoms with Gasteiger partial charge in [0.25, 0.3) is 0 Å². The summed E-state index contributed by atoms with van der Waals surface area (Å²) in [6.07, 6.45) is 8.00. The summed E-state index contributed by atoms with van der Waals surface area (Å²) in [5.74, 6) is 0.599. The van der Waals surface area contributed by atoms with E-state index in [1.807, 2.05) is 21.7 Å². The van der Waals surface area contributed by atoms with Gasteiger partial charge in [0, 0.05) is 13.1 Å². The maximum Gasteiger partial charge on any atom is 0.232 e. The van der Waals surface area contributed by atoms with E-state index in [-0.39, 0.29) is 5.91 Å². The molecule has 3 aromatic rings. The molecule has 27 heavy (non-hydrogen) atoms. The van der Waals surface area contributed by atoms with E-state index >= 15 is 0 Å². The molecule has 0 unspecified atom stereocenters. The summed E-state index contributed by atoms with van der Waals surface area (Å²) >= 11 is 1.47. The van der Waals surface area contributed by atoms with Crippen LogP contribution in [0.4, 0.5) is 0 Å². The van der Waals surface area contributed by atoms with Gasteiger partial charge in [-0.2, -0.15) is 5.10 Å². The molecule has 1 fully saturated rings. The number of aryl methyl sites for hydroxylation is 1. The lowest BCUT2D eigenvalue weighted by Gasteiger charge is -2.19. The number of carbonyl (C=O) groups is 1. The Morgan fingerprint density at radius 1 is 1.07 bits per heavy atom. The minimum absolute atomic E-state index is 0.194. The number of amides is 1. The van der Waals surface area contributed by atoms with Crippen molar-refractivity contribution in [2.45, 2.75) is 37.6 Å². The van der Waals surface area contributed by atoms with Crippen LogP contribution < -0.4 is 0 Å². The van der Waals surface area contributed by atoms with Crippen LogP contribution in [0.3, 0.4) is 0 Å². The van der Waals surface area contributed by atoms with Gasteiger partial charge in [-0.15, -0.1) is 0 Å². The average molecular weight is 382 g/mol. The summed E-state index contributed by atoms with van der Waals surface area (Å²) in [7, 11) is 0. The standard InChI is InChI=1S/C20H23N5OS/c1-15-6-8-16(9-7-15)25-19-17(12-23-25)20(22-14-21-19)27-13-18(26)24-10-4-2-3-5-11-24/h6-9,12,14H,2-5,10-11,13H2,1H3. The van der Waals surface area contributed by atoms with Gasteiger partial charge in [-0.3, -0.25) is 4.79 Å². The van der Waals surface area contributed by atoms with Crippen LogP contribution in [0, 0.1) is 6.92 Å². The lowest BCUT2D eigenvalue weighted by Crippen LogP contribution is -2.33. The van der Waals surface area contributed by atoms with Crippen LogP contribution in [0.2, 0.25) is 0 Å². The number of nitrogens with zero attached hydrogens (tertiary/aromatic N) is 5. The number of rotatable bonds is 4. The largest absolute Gasteiger partial charge is 0.342 e. The molecule has 0 N–H and O–H groups in total. The normalized spacial score (nSPS) is 15.1. The maximum absolute atomic E-state index is 12.6. The second-order valence-corrected chi connectivity index (χ2v) is 7.86. The summed E-state index contributed by atoms with van der Waals surface area (Å²) in [4.78, 5) is 23.4. The van der Waals surface area contributed by atoms with Gasteiger partial charge >= 0.3 is 0 Å². The number of carbonyl (C=O) groups excluding carboxylic acids is 1. The van der Waals surface area contributed by atoms with Crippen molar-refractivity contribution in [1.82, 2.24) is 24.6 Å². The van der Waals surface area contributed by atoms with E-state index in [0.717, 1.165) is 47.7 Å². The third-order valence-electron chi connectivity index (χ3n) is 4.90. The van der Waals surface area contributed by atoms with Crippen molar-refractivity contribution < 1.29 is 4.79 Å². The highest BCUT2D eigenvalue weighted by Gasteiger charge is 2.17. The first kappa shape index (κ1) is 18.0. The van der Waals surface area contributed by atoms with Crippen molar-refractivity contribution in [2.75, 3.05) is 18.8 Å². The van der Waals surface area contributed by atoms with Crippen LogP contribution in [0.25, 0.3) is 16.7 Å². The monoisotopic (exact) mass is 381 g/mol. The molecule has 0 radical (unpaired) electrons. The van der Waals surface area contributed by atoms with Crippen molar-refractivity contribution in [3.05, 3.63) is 42.4 Å². The fourth-order valence-electron chi connectivity index (χ4n) is 3.35. The summed E-state index contributed by atoms with van der Waals surface area (Å²) in [6.45, 7) is 3.82. The Labute approximate surface area is 163 Å². The molecule has 0 bridgehead atoms. The first-order chi connectivity index (χ1) is 13.2. The van der Waals surface area contributed by atoms with E-state index in [0.29, 0.717) is 5.75 Å². The Bertz CT molecular complexity index is 929. The SMILES string of the molecule is Cc1ccc(-n2ncc3c(SCC(=O)N4CCCCCC4)ncnc32)cc1. The highest BCUT2D eigenvalue weighted by molar-refractivity contribution is 8.00. The topological polar surface area (TPSA) is 63.9 Å². The zero-order chi connectivity index (χ0) is 18.6. The fourth-order valence-corrected chi connectivity index (χ4v) is 4.22. The molecular formula is C20H23N5OS. The van der Waals surface area contributed by atoms with E-state index in [4.69, 9.17) is 0 Å². The second-order valence-electron chi connectivity index (χ2n) is 6.89. The molecular weight excluding hydrogens is 358 g/mol. The Hall–Kier alpha value is -2.41. The lowest BCUT2D eigenvalue weighted by atomic mass is 10.2. The Kier molecular flexibility index (Phi) is 5.38. The van der Waals surface area contributed by atoms with Crippen molar-refractivity contribution >= 4 is 28.7 Å². The van der Waals surface area contributed by atoms with Crippen LogP contribution in [0.15, 0.2) is 41.8 Å². The lowest BCUT2D eigenvalue weighted by molar-refractivity contribution is -0.128. The molecule has 1 aliphatic heterocycles. The third kappa shape index (κ3) is 3.98. The zero-order valence-corrected chi connectivity index (χ0v) is 16.3. The van der Waals surface area contributed by atoms with Crippen LogP contribution in [0.5, 0.6) is 0 Å². The molecule has 7 heteroatoms. The Morgan fingerprint density at radius 2 is 1.81 bits per heavy atom. The minimum atomic E-state index is 0.194. The molecule has 6 nitrogen and oxygen atoms in total. The number of likely N-dealkylation sites (tertiary alicyclic amines) is 1. The molecule has 4 rings (SSSR count). The number of fused-ring (bicyclic) bond motifs is 1. The third-order valence-corrected chi connectivity index (χ3v) is 5.89. The summed E-state index contributed by atoms with van der Waals surface area (Å²) in [5.41, 5.74) is 2.93. The molecule has 1 amide bonds. The molecule has 0 aliphatic carbocycles. The average Bonchev–Trinajstić information content (AvgIpc) is 2.94. The number of hydrogen-bond acceptors (Lipinski definition) is 5. The van der Waals surface area contributed by atoms with E-state index < -0.39 is 0 Å². The smallest absolute Gasteiger partial charge is 0.232 e. The summed E-state index contributed by atoms with van der Waals surface area (Å²) in [6, 6.07) is 8.16. The predicted molar refractivity (Wildman–Crippen MR) is 107 cm³/mol. The molecule has 0 saturated carbocycles. The van der Waals surface area contributed by atoms with Gasteiger partial charge in [0.05, 0.1) is 23.0 Å². The Balaban J connectivity index is 1.52. The van der Waals surface area contributed by atoms with Gasteiger partial charge < -0.3 is 4.90 Å². The molecule has 1 aromatic carbocycles. The van der Waals surface area contributed by atoms with Gasteiger partial charge in [-0.1, -0.05) is 42.3 Å². The molecule has 1 saturated heterocycles. The number of thioether (sulfide) groups is 1. The van der Waals surface area contributed by atoms with Gasteiger partial charge in [-0.25, -0.2) is 14.6 Å². The number of hydrogen-bond donors (Lipinski definition) is 0. The Morgan fingerprint density at radius 3 is 2.56 bits per heavy atom. The van der Waals surface area contributed by atoms with Crippen LogP contribution >= 0.6 is 11.8 Å². The minimum Gasteiger partial charge on any atom is -0.342 e. The summed E-state index contributed by atoms with van der Waals surface area (Å²) in [5, 5.41) is 6.18. The van der Waals surface area contributed by atoms with Crippen LogP contribution in [0.1, 0.15) is 31.2 Å². The first-order valence-corrected chi connectivity index (χ1v) is 10.4. The maximum atomic E-state index is 12.6. The highest BCUT2D eigenvalue weighted by atomic mass is 32.2. The van der Waals surface area contributed by atoms with E-state index in [9.17, 15) is 4.79 Å². The molecule has 2 aromatic heterocycles. The van der Waals surface area contributed by atoms with E-state index in [1.54, 1.807) is 12.5 Å². The molecule has 0 atom stereocenters. The van der Waals surface area contributed by atoms with E-state index in [2.05, 4.69) is 34.1 Å². The van der Waals surface area contributed by atoms with Gasteiger partial charge in [0.15, 0.2) is 5.65 Å². The van der Waals surface area contributed by atoms with Gasteiger partial charge in [0.1, 0.15) is 11.4 Å². The molecule has 1 aliphatic rings. The van der Waals surface area contributed by atoms with Crippen molar-refractivity contribution in [1.29, 1.82) is 0 Å². The molecule has 0 spiro atoms. The first-order valence-electron chi connectivity index (χ1n) is 9.39. The van der Waals surface area contributed by atoms with E-state index in [1.165, 1.54) is 30.2 Å². The van der Waals surface area contributed by atoms with Gasteiger partial charge in [-0.05, 0) is 31.9 Å². The molecule has 3 heterocycles.